The van der Waals surface area contributed by atoms with Crippen molar-refractivity contribution in [1.29, 1.82) is 0 Å². The van der Waals surface area contributed by atoms with Crippen LogP contribution in [0.4, 0.5) is 0 Å². The normalized spacial score (nSPS) is 22.9. The monoisotopic (exact) mass is 267 g/mol. The van der Waals surface area contributed by atoms with Crippen molar-refractivity contribution in [2.45, 2.75) is 19.3 Å². The summed E-state index contributed by atoms with van der Waals surface area (Å²) in [5, 5.41) is 0. The van der Waals surface area contributed by atoms with Crippen LogP contribution in [0.3, 0.4) is 0 Å². The Morgan fingerprint density at radius 1 is 1.47 bits per heavy atom. The lowest BCUT2D eigenvalue weighted by molar-refractivity contribution is 0.209. The molecule has 1 fully saturated rings. The fraction of sp³-hybridized carbons (Fsp3) is 0.538. The minimum Gasteiger partial charge on any atom is -0.306 e. The highest BCUT2D eigenvalue weighted by molar-refractivity contribution is 9.10. The second kappa shape index (κ2) is 5.13. The zero-order chi connectivity index (χ0) is 10.7. The third kappa shape index (κ3) is 3.32. The molecule has 1 unspecified atom stereocenters. The number of halogens is 1. The maximum atomic E-state index is 3.53. The van der Waals surface area contributed by atoms with Crippen LogP contribution in [-0.4, -0.2) is 25.0 Å². The molecule has 1 nitrogen and oxygen atoms in total. The lowest BCUT2D eigenvalue weighted by Crippen LogP contribution is -2.32. The molecule has 0 N–H and O–H groups in total. The smallest absolute Gasteiger partial charge is 0.0177 e. The summed E-state index contributed by atoms with van der Waals surface area (Å²) < 4.78 is 1.20. The van der Waals surface area contributed by atoms with Crippen LogP contribution in [-0.2, 0) is 6.42 Å². The van der Waals surface area contributed by atoms with E-state index in [1.54, 1.807) is 0 Å². The van der Waals surface area contributed by atoms with Gasteiger partial charge in [-0.1, -0.05) is 28.1 Å². The molecule has 1 aliphatic rings. The van der Waals surface area contributed by atoms with Crippen LogP contribution in [0.15, 0.2) is 28.7 Å². The van der Waals surface area contributed by atoms with Gasteiger partial charge in [0.05, 0.1) is 0 Å². The van der Waals surface area contributed by atoms with E-state index in [0.29, 0.717) is 0 Å². The van der Waals surface area contributed by atoms with E-state index in [4.69, 9.17) is 0 Å². The first-order chi connectivity index (χ1) is 7.24. The van der Waals surface area contributed by atoms with Gasteiger partial charge in [0.15, 0.2) is 0 Å². The lowest BCUT2D eigenvalue weighted by Gasteiger charge is -2.29. The summed E-state index contributed by atoms with van der Waals surface area (Å²) in [6, 6.07) is 8.70. The van der Waals surface area contributed by atoms with Crippen molar-refractivity contribution >= 4 is 15.9 Å². The number of rotatable bonds is 2. The van der Waals surface area contributed by atoms with Crippen molar-refractivity contribution < 1.29 is 0 Å². The van der Waals surface area contributed by atoms with Crippen molar-refractivity contribution in [3.8, 4) is 0 Å². The first-order valence-electron chi connectivity index (χ1n) is 5.67. The van der Waals surface area contributed by atoms with Gasteiger partial charge >= 0.3 is 0 Å². The molecule has 1 aromatic carbocycles. The highest BCUT2D eigenvalue weighted by atomic mass is 79.9. The third-order valence-corrected chi connectivity index (χ3v) is 3.63. The Labute approximate surface area is 101 Å². The van der Waals surface area contributed by atoms with Gasteiger partial charge in [-0.3, -0.25) is 0 Å². The van der Waals surface area contributed by atoms with Gasteiger partial charge in [-0.15, -0.1) is 0 Å². The van der Waals surface area contributed by atoms with Crippen molar-refractivity contribution in [3.05, 3.63) is 34.3 Å². The maximum Gasteiger partial charge on any atom is 0.0177 e. The van der Waals surface area contributed by atoms with E-state index < -0.39 is 0 Å². The summed E-state index contributed by atoms with van der Waals surface area (Å²) in [6.45, 7) is 2.53. The molecule has 0 saturated carbocycles. The summed E-state index contributed by atoms with van der Waals surface area (Å²) in [4.78, 5) is 2.45. The summed E-state index contributed by atoms with van der Waals surface area (Å²) in [5.41, 5.74) is 1.46. The van der Waals surface area contributed by atoms with Gasteiger partial charge in [0.25, 0.3) is 0 Å². The minimum atomic E-state index is 0.845. The second-order valence-corrected chi connectivity index (χ2v) is 5.52. The van der Waals surface area contributed by atoms with Crippen molar-refractivity contribution in [3.63, 3.8) is 0 Å². The third-order valence-electron chi connectivity index (χ3n) is 3.14. The minimum absolute atomic E-state index is 0.845. The van der Waals surface area contributed by atoms with E-state index in [0.717, 1.165) is 5.92 Å². The van der Waals surface area contributed by atoms with E-state index in [1.165, 1.54) is 42.4 Å². The standard InChI is InChI=1S/C13H18BrN/c1-15-7-3-5-12(10-15)8-11-4-2-6-13(14)9-11/h2,4,6,9,12H,3,5,7-8,10H2,1H3. The zero-order valence-electron chi connectivity index (χ0n) is 9.25. The first-order valence-corrected chi connectivity index (χ1v) is 6.46. The van der Waals surface area contributed by atoms with Crippen molar-refractivity contribution in [2.75, 3.05) is 20.1 Å². The molecule has 0 spiro atoms. The molecule has 0 aromatic heterocycles. The summed E-state index contributed by atoms with van der Waals surface area (Å²) >= 11 is 3.53. The fourth-order valence-electron chi connectivity index (χ4n) is 2.44. The van der Waals surface area contributed by atoms with Gasteiger partial charge in [0, 0.05) is 11.0 Å². The molecule has 2 rings (SSSR count). The van der Waals surface area contributed by atoms with E-state index in [1.807, 2.05) is 0 Å². The SMILES string of the molecule is CN1CCCC(Cc2cccc(Br)c2)C1. The van der Waals surface area contributed by atoms with Gasteiger partial charge in [0.1, 0.15) is 0 Å². The van der Waals surface area contributed by atoms with Crippen molar-refractivity contribution in [1.82, 2.24) is 4.90 Å². The van der Waals surface area contributed by atoms with Gasteiger partial charge in [-0.25, -0.2) is 0 Å². The fourth-order valence-corrected chi connectivity index (χ4v) is 2.88. The summed E-state index contributed by atoms with van der Waals surface area (Å²) in [6.07, 6.45) is 3.97. The average Bonchev–Trinajstić information content (AvgIpc) is 2.17. The van der Waals surface area contributed by atoms with Crippen LogP contribution in [0.2, 0.25) is 0 Å². The molecule has 1 aromatic rings. The van der Waals surface area contributed by atoms with E-state index in [9.17, 15) is 0 Å². The van der Waals surface area contributed by atoms with Crippen molar-refractivity contribution in [2.24, 2.45) is 5.92 Å². The van der Waals surface area contributed by atoms with E-state index in [2.05, 4.69) is 52.1 Å². The average molecular weight is 268 g/mol. The molecular formula is C13H18BrN. The number of benzene rings is 1. The molecule has 0 radical (unpaired) electrons. The number of piperidine rings is 1. The predicted molar refractivity (Wildman–Crippen MR) is 68.1 cm³/mol. The second-order valence-electron chi connectivity index (χ2n) is 4.60. The molecular weight excluding hydrogens is 250 g/mol. The Morgan fingerprint density at radius 2 is 2.33 bits per heavy atom. The molecule has 0 aliphatic carbocycles. The molecule has 0 amide bonds. The molecule has 15 heavy (non-hydrogen) atoms. The Balaban J connectivity index is 1.96. The summed E-state index contributed by atoms with van der Waals surface area (Å²) in [7, 11) is 2.23. The van der Waals surface area contributed by atoms with E-state index >= 15 is 0 Å². The lowest BCUT2D eigenvalue weighted by atomic mass is 9.92. The van der Waals surface area contributed by atoms with Crippen LogP contribution in [0.25, 0.3) is 0 Å². The largest absolute Gasteiger partial charge is 0.306 e. The van der Waals surface area contributed by atoms with Crippen LogP contribution in [0.5, 0.6) is 0 Å². The van der Waals surface area contributed by atoms with Gasteiger partial charge < -0.3 is 4.90 Å². The maximum absolute atomic E-state index is 3.53. The van der Waals surface area contributed by atoms with Crippen LogP contribution >= 0.6 is 15.9 Å². The first kappa shape index (κ1) is 11.2. The molecule has 2 heteroatoms. The van der Waals surface area contributed by atoms with E-state index in [-0.39, 0.29) is 0 Å². The molecule has 1 saturated heterocycles. The highest BCUT2D eigenvalue weighted by Crippen LogP contribution is 2.21. The predicted octanol–water partition coefficient (Wildman–Crippen LogP) is 3.33. The Morgan fingerprint density at radius 3 is 3.07 bits per heavy atom. The van der Waals surface area contributed by atoms with Gasteiger partial charge in [-0.05, 0) is 56.5 Å². The summed E-state index contributed by atoms with van der Waals surface area (Å²) in [5.74, 6) is 0.845. The topological polar surface area (TPSA) is 3.24 Å². The molecule has 82 valence electrons. The zero-order valence-corrected chi connectivity index (χ0v) is 10.8. The number of likely N-dealkylation sites (tertiary alicyclic amines) is 1. The molecule has 1 atom stereocenters. The Kier molecular flexibility index (Phi) is 3.81. The Bertz CT molecular complexity index is 324. The molecule has 1 aliphatic heterocycles. The van der Waals surface area contributed by atoms with Crippen LogP contribution in [0, 0.1) is 5.92 Å². The molecule has 0 bridgehead atoms. The highest BCUT2D eigenvalue weighted by Gasteiger charge is 2.17. The van der Waals surface area contributed by atoms with Crippen LogP contribution in [0.1, 0.15) is 18.4 Å². The molecule has 1 heterocycles. The van der Waals surface area contributed by atoms with Gasteiger partial charge in [-0.2, -0.15) is 0 Å². The number of hydrogen-bond acceptors (Lipinski definition) is 1. The quantitative estimate of drug-likeness (QED) is 0.795. The van der Waals surface area contributed by atoms with Gasteiger partial charge in [0.2, 0.25) is 0 Å². The number of nitrogens with zero attached hydrogens (tertiary/aromatic N) is 1. The van der Waals surface area contributed by atoms with Crippen LogP contribution < -0.4 is 0 Å². The Hall–Kier alpha value is -0.340. The number of hydrogen-bond donors (Lipinski definition) is 0.